The van der Waals surface area contributed by atoms with Gasteiger partial charge in [0.05, 0.1) is 5.52 Å². The zero-order chi connectivity index (χ0) is 26.1. The number of aromatic nitrogens is 1. The molecule has 0 bridgehead atoms. The SMILES string of the molecule is Cc1cc(Nc2c(F)c(C)c(F)c(C(=O)NCCN3CCc4ccccc4C3)c2F)c2ccccc2n1. The number of nitrogens with zero attached hydrogens (tertiary/aromatic N) is 2. The van der Waals surface area contributed by atoms with Crippen LogP contribution in [0.3, 0.4) is 0 Å². The maximum atomic E-state index is 15.5. The lowest BCUT2D eigenvalue weighted by molar-refractivity contribution is 0.0938. The number of nitrogens with one attached hydrogen (secondary N) is 2. The van der Waals surface area contributed by atoms with E-state index in [-0.39, 0.29) is 6.54 Å². The van der Waals surface area contributed by atoms with Gasteiger partial charge in [0.1, 0.15) is 17.1 Å². The number of pyridine rings is 1. The van der Waals surface area contributed by atoms with Gasteiger partial charge in [0, 0.05) is 48.5 Å². The summed E-state index contributed by atoms with van der Waals surface area (Å²) in [5.41, 5.74) is 2.42. The van der Waals surface area contributed by atoms with E-state index in [0.29, 0.717) is 28.8 Å². The molecule has 8 heteroatoms. The number of carbonyl (C=O) groups is 1. The van der Waals surface area contributed by atoms with Crippen molar-refractivity contribution < 1.29 is 18.0 Å². The molecule has 0 saturated carbocycles. The predicted molar refractivity (Wildman–Crippen MR) is 139 cm³/mol. The summed E-state index contributed by atoms with van der Waals surface area (Å²) in [7, 11) is 0. The molecule has 37 heavy (non-hydrogen) atoms. The Bertz CT molecular complexity index is 1500. The lowest BCUT2D eigenvalue weighted by Crippen LogP contribution is -2.38. The molecule has 0 unspecified atom stereocenters. The van der Waals surface area contributed by atoms with Crippen LogP contribution in [0.15, 0.2) is 54.6 Å². The van der Waals surface area contributed by atoms with Gasteiger partial charge in [-0.05, 0) is 43.5 Å². The van der Waals surface area contributed by atoms with E-state index in [1.165, 1.54) is 18.1 Å². The van der Waals surface area contributed by atoms with Gasteiger partial charge in [-0.3, -0.25) is 14.7 Å². The highest BCUT2D eigenvalue weighted by molar-refractivity contribution is 5.98. The van der Waals surface area contributed by atoms with Crippen molar-refractivity contribution in [1.29, 1.82) is 0 Å². The third-order valence-corrected chi connectivity index (χ3v) is 6.79. The summed E-state index contributed by atoms with van der Waals surface area (Å²) in [4.78, 5) is 19.5. The molecule has 0 radical (unpaired) electrons. The predicted octanol–water partition coefficient (Wildman–Crippen LogP) is 5.80. The Morgan fingerprint density at radius 2 is 1.70 bits per heavy atom. The summed E-state index contributed by atoms with van der Waals surface area (Å²) >= 11 is 0. The number of amides is 1. The first-order valence-corrected chi connectivity index (χ1v) is 12.2. The first kappa shape index (κ1) is 24.8. The van der Waals surface area contributed by atoms with Crippen LogP contribution < -0.4 is 10.6 Å². The molecule has 0 atom stereocenters. The third kappa shape index (κ3) is 4.89. The van der Waals surface area contributed by atoms with Crippen LogP contribution in [0.25, 0.3) is 10.9 Å². The zero-order valence-electron chi connectivity index (χ0n) is 20.7. The highest BCUT2D eigenvalue weighted by Gasteiger charge is 2.28. The fraction of sp³-hybridized carbons (Fsp3) is 0.241. The second kappa shape index (κ2) is 10.2. The fourth-order valence-electron chi connectivity index (χ4n) is 4.80. The van der Waals surface area contributed by atoms with E-state index in [0.717, 1.165) is 19.5 Å². The van der Waals surface area contributed by atoms with Gasteiger partial charge in [0.2, 0.25) is 0 Å². The van der Waals surface area contributed by atoms with Crippen molar-refractivity contribution in [2.24, 2.45) is 0 Å². The summed E-state index contributed by atoms with van der Waals surface area (Å²) < 4.78 is 45.6. The van der Waals surface area contributed by atoms with Crippen molar-refractivity contribution in [3.8, 4) is 0 Å². The Morgan fingerprint density at radius 3 is 2.51 bits per heavy atom. The van der Waals surface area contributed by atoms with Crippen molar-refractivity contribution in [3.63, 3.8) is 0 Å². The normalized spacial score (nSPS) is 13.4. The first-order chi connectivity index (χ1) is 17.8. The number of aryl methyl sites for hydroxylation is 1. The first-order valence-electron chi connectivity index (χ1n) is 12.2. The van der Waals surface area contributed by atoms with Crippen molar-refractivity contribution in [2.75, 3.05) is 25.0 Å². The minimum Gasteiger partial charge on any atom is -0.351 e. The molecule has 1 amide bonds. The molecule has 2 N–H and O–H groups in total. The molecule has 2 heterocycles. The van der Waals surface area contributed by atoms with Gasteiger partial charge in [0.25, 0.3) is 5.91 Å². The van der Waals surface area contributed by atoms with Gasteiger partial charge < -0.3 is 10.6 Å². The Kier molecular flexibility index (Phi) is 6.84. The van der Waals surface area contributed by atoms with Crippen LogP contribution >= 0.6 is 0 Å². The van der Waals surface area contributed by atoms with Gasteiger partial charge >= 0.3 is 0 Å². The molecule has 1 aromatic heterocycles. The number of hydrogen-bond donors (Lipinski definition) is 2. The van der Waals surface area contributed by atoms with E-state index in [1.807, 2.05) is 18.2 Å². The van der Waals surface area contributed by atoms with Crippen molar-refractivity contribution in [1.82, 2.24) is 15.2 Å². The lowest BCUT2D eigenvalue weighted by Gasteiger charge is -2.28. The van der Waals surface area contributed by atoms with Crippen LogP contribution in [-0.2, 0) is 13.0 Å². The topological polar surface area (TPSA) is 57.3 Å². The van der Waals surface area contributed by atoms with E-state index in [9.17, 15) is 9.18 Å². The molecule has 4 aromatic rings. The van der Waals surface area contributed by atoms with E-state index in [1.54, 1.807) is 31.2 Å². The zero-order valence-corrected chi connectivity index (χ0v) is 20.7. The number of anilines is 2. The van der Waals surface area contributed by atoms with Gasteiger partial charge in [-0.15, -0.1) is 0 Å². The molecular weight excluding hydrogens is 477 g/mol. The van der Waals surface area contributed by atoms with Crippen molar-refractivity contribution in [2.45, 2.75) is 26.8 Å². The molecule has 1 aliphatic rings. The Hall–Kier alpha value is -3.91. The Morgan fingerprint density at radius 1 is 0.973 bits per heavy atom. The Labute approximate surface area is 213 Å². The van der Waals surface area contributed by atoms with Crippen LogP contribution in [0.4, 0.5) is 24.5 Å². The third-order valence-electron chi connectivity index (χ3n) is 6.79. The van der Waals surface area contributed by atoms with Crippen molar-refractivity contribution >= 4 is 28.2 Å². The number of carbonyl (C=O) groups excluding carboxylic acids is 1. The average molecular weight is 505 g/mol. The van der Waals surface area contributed by atoms with Gasteiger partial charge in [-0.2, -0.15) is 0 Å². The summed E-state index contributed by atoms with van der Waals surface area (Å²) in [5.74, 6) is -4.49. The summed E-state index contributed by atoms with van der Waals surface area (Å²) in [6.45, 7) is 5.26. The van der Waals surface area contributed by atoms with Crippen LogP contribution in [0.5, 0.6) is 0 Å². The van der Waals surface area contributed by atoms with Gasteiger partial charge in [-0.25, -0.2) is 13.2 Å². The minimum absolute atomic E-state index is 0.202. The number of rotatable bonds is 6. The highest BCUT2D eigenvalue weighted by Crippen LogP contribution is 2.33. The van der Waals surface area contributed by atoms with E-state index in [2.05, 4.69) is 32.7 Å². The minimum atomic E-state index is -1.27. The lowest BCUT2D eigenvalue weighted by atomic mass is 10.00. The van der Waals surface area contributed by atoms with E-state index >= 15 is 8.78 Å². The standard InChI is InChI=1S/C29H27F3N4O/c1-17-15-23(21-9-5-6-10-22(21)34-17)35-28-26(31)18(2)25(30)24(27(28)32)29(37)33-12-14-36-13-11-19-7-3-4-8-20(19)16-36/h3-10,15H,11-14,16H2,1-2H3,(H,33,37)(H,34,35). The number of benzene rings is 3. The maximum Gasteiger partial charge on any atom is 0.257 e. The van der Waals surface area contributed by atoms with Crippen LogP contribution in [-0.4, -0.2) is 35.4 Å². The Balaban J connectivity index is 1.36. The molecular formula is C29H27F3N4O. The second-order valence-electron chi connectivity index (χ2n) is 9.32. The fourth-order valence-corrected chi connectivity index (χ4v) is 4.80. The number of fused-ring (bicyclic) bond motifs is 2. The van der Waals surface area contributed by atoms with Crippen LogP contribution in [0, 0.1) is 31.3 Å². The molecule has 5 nitrogen and oxygen atoms in total. The quantitative estimate of drug-likeness (QED) is 0.349. The largest absolute Gasteiger partial charge is 0.351 e. The molecule has 190 valence electrons. The molecule has 0 spiro atoms. The highest BCUT2D eigenvalue weighted by atomic mass is 19.1. The van der Waals surface area contributed by atoms with Gasteiger partial charge in [0.15, 0.2) is 11.6 Å². The molecule has 0 fully saturated rings. The summed E-state index contributed by atoms with van der Waals surface area (Å²) in [6, 6.07) is 17.0. The molecule has 1 aliphatic heterocycles. The monoisotopic (exact) mass is 504 g/mol. The number of hydrogen-bond acceptors (Lipinski definition) is 4. The molecule has 5 rings (SSSR count). The summed E-state index contributed by atoms with van der Waals surface area (Å²) in [6.07, 6.45) is 0.905. The molecule has 3 aromatic carbocycles. The van der Waals surface area contributed by atoms with Crippen molar-refractivity contribution in [3.05, 3.63) is 100.0 Å². The maximum absolute atomic E-state index is 15.5. The number of para-hydroxylation sites is 1. The van der Waals surface area contributed by atoms with Crippen LogP contribution in [0.1, 0.15) is 32.7 Å². The van der Waals surface area contributed by atoms with Crippen LogP contribution in [0.2, 0.25) is 0 Å². The molecule has 0 saturated heterocycles. The van der Waals surface area contributed by atoms with Gasteiger partial charge in [-0.1, -0.05) is 42.5 Å². The average Bonchev–Trinajstić information content (AvgIpc) is 2.89. The summed E-state index contributed by atoms with van der Waals surface area (Å²) in [5, 5.41) is 6.01. The van der Waals surface area contributed by atoms with E-state index in [4.69, 9.17) is 0 Å². The number of halogens is 3. The molecule has 0 aliphatic carbocycles. The van der Waals surface area contributed by atoms with E-state index < -0.39 is 40.2 Å². The smallest absolute Gasteiger partial charge is 0.257 e. The second-order valence-corrected chi connectivity index (χ2v) is 9.32.